The van der Waals surface area contributed by atoms with Gasteiger partial charge in [0.15, 0.2) is 0 Å². The number of carbonyl (C=O) groups is 1. The van der Waals surface area contributed by atoms with E-state index < -0.39 is 23.8 Å². The Morgan fingerprint density at radius 1 is 1.21 bits per heavy atom. The molecule has 3 atom stereocenters. The summed E-state index contributed by atoms with van der Waals surface area (Å²) in [4.78, 5) is 17.1. The lowest BCUT2D eigenvalue weighted by molar-refractivity contribution is -0.137. The molecule has 1 aliphatic heterocycles. The number of benzene rings is 1. The molecule has 2 fully saturated rings. The predicted molar refractivity (Wildman–Crippen MR) is 112 cm³/mol. The Balaban J connectivity index is 1.59. The molecule has 1 aliphatic carbocycles. The van der Waals surface area contributed by atoms with E-state index in [2.05, 4.69) is 10.3 Å². The van der Waals surface area contributed by atoms with Crippen molar-refractivity contribution >= 4 is 5.91 Å². The Labute approximate surface area is 188 Å². The molecular weight excluding hydrogens is 441 g/mol. The van der Waals surface area contributed by atoms with E-state index in [1.54, 1.807) is 0 Å². The number of ether oxygens (including phenoxy) is 3. The van der Waals surface area contributed by atoms with Gasteiger partial charge in [0.05, 0.1) is 29.9 Å². The normalized spacial score (nSPS) is 23.3. The van der Waals surface area contributed by atoms with Gasteiger partial charge in [-0.2, -0.15) is 13.2 Å². The van der Waals surface area contributed by atoms with E-state index in [0.29, 0.717) is 30.6 Å². The number of halogens is 3. The first-order valence-corrected chi connectivity index (χ1v) is 10.8. The van der Waals surface area contributed by atoms with Crippen molar-refractivity contribution in [1.82, 2.24) is 10.3 Å². The summed E-state index contributed by atoms with van der Waals surface area (Å²) >= 11 is 0. The summed E-state index contributed by atoms with van der Waals surface area (Å²) in [5, 5.41) is 13.0. The lowest BCUT2D eigenvalue weighted by Crippen LogP contribution is -2.45. The maximum atomic E-state index is 13.0. The van der Waals surface area contributed by atoms with E-state index in [9.17, 15) is 23.1 Å². The minimum Gasteiger partial charge on any atom is -0.474 e. The zero-order valence-corrected chi connectivity index (χ0v) is 17.8. The lowest BCUT2D eigenvalue weighted by atomic mass is 9.92. The van der Waals surface area contributed by atoms with Crippen LogP contribution in [0.5, 0.6) is 5.88 Å². The molecule has 4 rings (SSSR count). The fourth-order valence-electron chi connectivity index (χ4n) is 3.91. The highest BCUT2D eigenvalue weighted by molar-refractivity contribution is 5.95. The third-order valence-corrected chi connectivity index (χ3v) is 5.78. The van der Waals surface area contributed by atoms with E-state index in [0.717, 1.165) is 25.0 Å². The van der Waals surface area contributed by atoms with Crippen molar-refractivity contribution in [2.24, 2.45) is 0 Å². The predicted octanol–water partition coefficient (Wildman–Crippen LogP) is 3.55. The number of carbonyl (C=O) groups excluding carboxylic acids is 1. The van der Waals surface area contributed by atoms with Crippen molar-refractivity contribution in [2.45, 2.75) is 50.1 Å². The first-order chi connectivity index (χ1) is 15.8. The van der Waals surface area contributed by atoms with E-state index in [4.69, 9.17) is 14.2 Å². The molecule has 1 aromatic carbocycles. The van der Waals surface area contributed by atoms with Gasteiger partial charge in [0, 0.05) is 11.8 Å². The summed E-state index contributed by atoms with van der Waals surface area (Å²) in [7, 11) is 0. The van der Waals surface area contributed by atoms with Crippen molar-refractivity contribution in [3.8, 4) is 17.0 Å². The van der Waals surface area contributed by atoms with Crippen LogP contribution < -0.4 is 10.1 Å². The van der Waals surface area contributed by atoms with Crippen molar-refractivity contribution in [3.05, 3.63) is 47.7 Å². The highest BCUT2D eigenvalue weighted by Crippen LogP contribution is 2.34. The summed E-state index contributed by atoms with van der Waals surface area (Å²) in [6.07, 6.45) is -0.885. The first kappa shape index (κ1) is 23.5. The van der Waals surface area contributed by atoms with Crippen molar-refractivity contribution < 1.29 is 37.3 Å². The van der Waals surface area contributed by atoms with Crippen molar-refractivity contribution in [1.29, 1.82) is 0 Å². The minimum absolute atomic E-state index is 0.139. The molecule has 2 heterocycles. The largest absolute Gasteiger partial charge is 0.474 e. The van der Waals surface area contributed by atoms with Crippen LogP contribution >= 0.6 is 0 Å². The van der Waals surface area contributed by atoms with E-state index in [1.165, 1.54) is 24.4 Å². The van der Waals surface area contributed by atoms with Gasteiger partial charge in [-0.05, 0) is 36.6 Å². The number of alkyl halides is 3. The highest BCUT2D eigenvalue weighted by atomic mass is 19.4. The Hall–Kier alpha value is -2.69. The van der Waals surface area contributed by atoms with Crippen LogP contribution in [0.15, 0.2) is 36.5 Å². The number of aliphatic hydroxyl groups is 1. The zero-order valence-electron chi connectivity index (χ0n) is 17.8. The molecule has 1 saturated heterocycles. The summed E-state index contributed by atoms with van der Waals surface area (Å²) in [5.74, 6) is -0.250. The molecule has 2 N–H and O–H groups in total. The van der Waals surface area contributed by atoms with Gasteiger partial charge < -0.3 is 24.6 Å². The number of aromatic nitrogens is 1. The molecule has 1 saturated carbocycles. The molecule has 1 amide bonds. The van der Waals surface area contributed by atoms with Gasteiger partial charge in [-0.1, -0.05) is 25.0 Å². The van der Waals surface area contributed by atoms with Crippen LogP contribution in [-0.4, -0.2) is 54.3 Å². The molecule has 3 unspecified atom stereocenters. The van der Waals surface area contributed by atoms with Gasteiger partial charge >= 0.3 is 6.18 Å². The minimum atomic E-state index is -4.46. The van der Waals surface area contributed by atoms with Crippen LogP contribution in [-0.2, 0) is 15.7 Å². The topological polar surface area (TPSA) is 89.9 Å². The quantitative estimate of drug-likeness (QED) is 0.677. The smallest absolute Gasteiger partial charge is 0.416 e. The second-order valence-corrected chi connectivity index (χ2v) is 8.17. The third kappa shape index (κ3) is 5.82. The highest BCUT2D eigenvalue weighted by Gasteiger charge is 2.30. The van der Waals surface area contributed by atoms with Crippen LogP contribution in [0.1, 0.15) is 41.6 Å². The number of hydrogen-bond acceptors (Lipinski definition) is 6. The van der Waals surface area contributed by atoms with Gasteiger partial charge in [-0.25, -0.2) is 4.98 Å². The number of nitrogens with zero attached hydrogens (tertiary/aromatic N) is 1. The molecule has 1 aromatic heterocycles. The summed E-state index contributed by atoms with van der Waals surface area (Å²) in [6, 6.07) is 5.75. The van der Waals surface area contributed by atoms with Crippen LogP contribution in [0, 0.1) is 0 Å². The molecule has 0 radical (unpaired) electrons. The number of pyridine rings is 1. The average Bonchev–Trinajstić information content (AvgIpc) is 3.32. The van der Waals surface area contributed by atoms with Gasteiger partial charge in [-0.15, -0.1) is 0 Å². The molecule has 10 heteroatoms. The zero-order chi connectivity index (χ0) is 23.4. The van der Waals surface area contributed by atoms with Crippen LogP contribution in [0.25, 0.3) is 11.1 Å². The van der Waals surface area contributed by atoms with E-state index in [1.807, 2.05) is 0 Å². The maximum absolute atomic E-state index is 13.0. The molecule has 2 aromatic rings. The van der Waals surface area contributed by atoms with Gasteiger partial charge in [0.2, 0.25) is 5.88 Å². The summed E-state index contributed by atoms with van der Waals surface area (Å²) in [6.45, 7) is 0.666. The Morgan fingerprint density at radius 2 is 1.97 bits per heavy atom. The SMILES string of the molecule is O=C(NC1CCCCC1O)c1cnc(OCC2COCO2)c(-c2ccc(C(F)(F)F)cc2)c1. The molecule has 178 valence electrons. The van der Waals surface area contributed by atoms with Crippen LogP contribution in [0.2, 0.25) is 0 Å². The standard InChI is InChI=1S/C23H25F3N2O5/c24-23(25,26)16-7-5-14(6-8-16)18-9-15(21(30)28-19-3-1-2-4-20(19)29)10-27-22(18)32-12-17-11-31-13-33-17/h5-10,17,19-20,29H,1-4,11-13H2,(H,28,30). The summed E-state index contributed by atoms with van der Waals surface area (Å²) in [5.41, 5.74) is 0.231. The maximum Gasteiger partial charge on any atom is 0.416 e. The van der Waals surface area contributed by atoms with Crippen LogP contribution in [0.4, 0.5) is 13.2 Å². The Bertz CT molecular complexity index is 962. The monoisotopic (exact) mass is 466 g/mol. The van der Waals surface area contributed by atoms with Crippen molar-refractivity contribution in [3.63, 3.8) is 0 Å². The molecule has 7 nitrogen and oxygen atoms in total. The van der Waals surface area contributed by atoms with Gasteiger partial charge in [0.1, 0.15) is 19.5 Å². The lowest BCUT2D eigenvalue weighted by Gasteiger charge is -2.28. The number of hydrogen-bond donors (Lipinski definition) is 2. The average molecular weight is 466 g/mol. The molecule has 0 bridgehead atoms. The summed E-state index contributed by atoms with van der Waals surface area (Å²) < 4.78 is 55.2. The first-order valence-electron chi connectivity index (χ1n) is 10.8. The van der Waals surface area contributed by atoms with E-state index in [-0.39, 0.29) is 37.0 Å². The van der Waals surface area contributed by atoms with Crippen LogP contribution in [0.3, 0.4) is 0 Å². The molecule has 33 heavy (non-hydrogen) atoms. The Kier molecular flexibility index (Phi) is 7.16. The van der Waals surface area contributed by atoms with Gasteiger partial charge in [-0.3, -0.25) is 4.79 Å². The molecule has 2 aliphatic rings. The number of aliphatic hydroxyl groups excluding tert-OH is 1. The van der Waals surface area contributed by atoms with Crippen molar-refractivity contribution in [2.75, 3.05) is 20.0 Å². The fraction of sp³-hybridized carbons (Fsp3) is 0.478. The molecule has 0 spiro atoms. The van der Waals surface area contributed by atoms with E-state index >= 15 is 0 Å². The number of amides is 1. The van der Waals surface area contributed by atoms with Gasteiger partial charge in [0.25, 0.3) is 5.91 Å². The molecular formula is C23H25F3N2O5. The Morgan fingerprint density at radius 3 is 2.64 bits per heavy atom. The number of nitrogens with one attached hydrogen (secondary N) is 1. The second-order valence-electron chi connectivity index (χ2n) is 8.17. The fourth-order valence-corrected chi connectivity index (χ4v) is 3.91. The second kappa shape index (κ2) is 10.1. The number of rotatable bonds is 6. The third-order valence-electron chi connectivity index (χ3n) is 5.78.